The molecule has 0 saturated heterocycles. The third-order valence-corrected chi connectivity index (χ3v) is 10.1. The summed E-state index contributed by atoms with van der Waals surface area (Å²) in [6.07, 6.45) is 0. The molecule has 0 unspecified atom stereocenters. The molecule has 50 valence electrons. The first-order valence-electron chi connectivity index (χ1n) is 3.18. The fourth-order valence-electron chi connectivity index (χ4n) is 0.750. The fourth-order valence-corrected chi connectivity index (χ4v) is 5.03. The summed E-state index contributed by atoms with van der Waals surface area (Å²) in [6.45, 7) is 7.05. The summed E-state index contributed by atoms with van der Waals surface area (Å²) >= 11 is -0.653. The predicted molar refractivity (Wildman–Crippen MR) is 37.2 cm³/mol. The van der Waals surface area contributed by atoms with E-state index in [1.54, 1.807) is 13.3 Å². The van der Waals surface area contributed by atoms with Crippen molar-refractivity contribution in [2.24, 2.45) is 0 Å². The Kier molecular flexibility index (Phi) is 13.0. The molecular weight excluding hydrogens is 318 g/mol. The summed E-state index contributed by atoms with van der Waals surface area (Å²) < 4.78 is 4.65. The molecule has 0 aliphatic carbocycles. The van der Waals surface area contributed by atoms with Gasteiger partial charge in [-0.15, -0.1) is 0 Å². The molecule has 8 heavy (non-hydrogen) atoms. The largest absolute Gasteiger partial charge is 1.00 e. The number of hydrogen-bond acceptors (Lipinski definition) is 0. The van der Waals surface area contributed by atoms with Crippen LogP contribution in [0.15, 0.2) is 0 Å². The van der Waals surface area contributed by atoms with E-state index < -0.39 is 19.8 Å². The van der Waals surface area contributed by atoms with Crippen LogP contribution in [-0.2, 0) is 0 Å². The van der Waals surface area contributed by atoms with E-state index in [1.165, 1.54) is 0 Å². The van der Waals surface area contributed by atoms with E-state index in [9.17, 15) is 0 Å². The Morgan fingerprint density at radius 2 is 1.12 bits per heavy atom. The molecule has 0 radical (unpaired) electrons. The molecule has 0 fully saturated rings. The Hall–Kier alpha value is 1.53. The Bertz CT molecular complexity index is 30.0. The maximum Gasteiger partial charge on any atom is -1.00 e. The standard InChI is InChI=1S/3C2H5.HI.Sn/c3*1-2;;/h3*1H2,2H3;1H;/q;;;;+1/p-1. The molecule has 0 aromatic carbocycles. The van der Waals surface area contributed by atoms with Gasteiger partial charge in [-0.2, -0.15) is 0 Å². The topological polar surface area (TPSA) is 0 Å². The van der Waals surface area contributed by atoms with Crippen LogP contribution in [0.3, 0.4) is 0 Å². The minimum Gasteiger partial charge on any atom is -1.00 e. The van der Waals surface area contributed by atoms with Gasteiger partial charge in [-0.1, -0.05) is 0 Å². The van der Waals surface area contributed by atoms with Crippen molar-refractivity contribution in [1.82, 2.24) is 0 Å². The van der Waals surface area contributed by atoms with Crippen molar-refractivity contribution in [1.29, 1.82) is 0 Å². The molecule has 0 aliphatic heterocycles. The molecule has 0 heterocycles. The van der Waals surface area contributed by atoms with E-state index in [4.69, 9.17) is 0 Å². The third kappa shape index (κ3) is 5.66. The summed E-state index contributed by atoms with van der Waals surface area (Å²) in [5.41, 5.74) is 0. The molecule has 0 aromatic heterocycles. The molecule has 2 heteroatoms. The zero-order valence-corrected chi connectivity index (χ0v) is 11.0. The van der Waals surface area contributed by atoms with Gasteiger partial charge >= 0.3 is 53.8 Å². The second-order valence-corrected chi connectivity index (χ2v) is 12.1. The van der Waals surface area contributed by atoms with E-state index in [1.807, 2.05) is 0 Å². The Labute approximate surface area is 77.2 Å². The van der Waals surface area contributed by atoms with E-state index >= 15 is 0 Å². The summed E-state index contributed by atoms with van der Waals surface area (Å²) in [4.78, 5) is 0. The first kappa shape index (κ1) is 12.2. The van der Waals surface area contributed by atoms with E-state index in [2.05, 4.69) is 20.8 Å². The first-order chi connectivity index (χ1) is 3.35. The van der Waals surface area contributed by atoms with Crippen LogP contribution >= 0.6 is 0 Å². The van der Waals surface area contributed by atoms with Crippen LogP contribution in [0.4, 0.5) is 0 Å². The summed E-state index contributed by atoms with van der Waals surface area (Å²) in [7, 11) is 0. The molecule has 0 saturated carbocycles. The van der Waals surface area contributed by atoms with E-state index in [-0.39, 0.29) is 24.0 Å². The summed E-state index contributed by atoms with van der Waals surface area (Å²) in [5.74, 6) is 0. The van der Waals surface area contributed by atoms with Gasteiger partial charge in [0.05, 0.1) is 0 Å². The zero-order chi connectivity index (χ0) is 5.70. The van der Waals surface area contributed by atoms with Crippen molar-refractivity contribution in [3.63, 3.8) is 0 Å². The van der Waals surface area contributed by atoms with Crippen LogP contribution in [0.5, 0.6) is 0 Å². The van der Waals surface area contributed by atoms with Gasteiger partial charge in [0.25, 0.3) is 0 Å². The predicted octanol–water partition coefficient (Wildman–Crippen LogP) is -0.455. The molecule has 0 amide bonds. The zero-order valence-electron chi connectivity index (χ0n) is 6.00. The van der Waals surface area contributed by atoms with E-state index in [0.717, 1.165) is 0 Å². The average Bonchev–Trinajstić information content (AvgIpc) is 1.72. The maximum absolute atomic E-state index is 2.35. The molecule has 0 N–H and O–H groups in total. The van der Waals surface area contributed by atoms with Crippen LogP contribution in [0, 0.1) is 0 Å². The van der Waals surface area contributed by atoms with Crippen molar-refractivity contribution in [3.05, 3.63) is 0 Å². The Balaban J connectivity index is 0. The number of hydrogen-bond donors (Lipinski definition) is 0. The molecule has 0 rings (SSSR count). The van der Waals surface area contributed by atoms with Crippen LogP contribution in [0.25, 0.3) is 0 Å². The van der Waals surface area contributed by atoms with Crippen LogP contribution in [0.2, 0.25) is 13.3 Å². The summed E-state index contributed by atoms with van der Waals surface area (Å²) in [6, 6.07) is 0. The van der Waals surface area contributed by atoms with Crippen molar-refractivity contribution in [3.8, 4) is 0 Å². The fraction of sp³-hybridized carbons (Fsp3) is 1.00. The molecule has 0 spiro atoms. The molecule has 0 atom stereocenters. The quantitative estimate of drug-likeness (QED) is 0.485. The van der Waals surface area contributed by atoms with Gasteiger partial charge in [-0.3, -0.25) is 0 Å². The van der Waals surface area contributed by atoms with Gasteiger partial charge in [0.1, 0.15) is 0 Å². The molecular formula is C6H15ISn. The average molecular weight is 333 g/mol. The summed E-state index contributed by atoms with van der Waals surface area (Å²) in [5, 5.41) is 0. The second-order valence-electron chi connectivity index (χ2n) is 1.81. The molecule has 0 bridgehead atoms. The number of rotatable bonds is 3. The SMILES string of the molecule is C[CH2][Sn+]([CH2]C)[CH2]C.[I-]. The van der Waals surface area contributed by atoms with Gasteiger partial charge in [-0.25, -0.2) is 0 Å². The van der Waals surface area contributed by atoms with Gasteiger partial charge in [0.2, 0.25) is 0 Å². The first-order valence-corrected chi connectivity index (χ1v) is 9.24. The monoisotopic (exact) mass is 334 g/mol. The smallest absolute Gasteiger partial charge is 1.00 e. The van der Waals surface area contributed by atoms with E-state index in [0.29, 0.717) is 0 Å². The van der Waals surface area contributed by atoms with Crippen molar-refractivity contribution < 1.29 is 24.0 Å². The normalized spacial score (nSPS) is 7.88. The van der Waals surface area contributed by atoms with Crippen LogP contribution < -0.4 is 24.0 Å². The Morgan fingerprint density at radius 3 is 1.12 bits per heavy atom. The van der Waals surface area contributed by atoms with Gasteiger partial charge in [0, 0.05) is 0 Å². The van der Waals surface area contributed by atoms with Gasteiger partial charge < -0.3 is 24.0 Å². The second kappa shape index (κ2) is 8.53. The number of halogens is 1. The van der Waals surface area contributed by atoms with Crippen LogP contribution in [-0.4, -0.2) is 19.8 Å². The molecule has 0 nitrogen and oxygen atoms in total. The Morgan fingerprint density at radius 1 is 0.875 bits per heavy atom. The van der Waals surface area contributed by atoms with Gasteiger partial charge in [-0.05, 0) is 0 Å². The van der Waals surface area contributed by atoms with Crippen molar-refractivity contribution >= 4 is 19.8 Å². The third-order valence-electron chi connectivity index (χ3n) is 1.50. The van der Waals surface area contributed by atoms with Gasteiger partial charge in [0.15, 0.2) is 0 Å². The van der Waals surface area contributed by atoms with Crippen molar-refractivity contribution in [2.45, 2.75) is 34.1 Å². The minimum atomic E-state index is -0.653. The van der Waals surface area contributed by atoms with Crippen molar-refractivity contribution in [2.75, 3.05) is 0 Å². The van der Waals surface area contributed by atoms with Crippen LogP contribution in [0.1, 0.15) is 20.8 Å². The molecule has 0 aliphatic rings. The minimum absolute atomic E-state index is 0. The maximum atomic E-state index is 2.35. The molecule has 0 aromatic rings.